The molecule has 0 amide bonds. The van der Waals surface area contributed by atoms with Gasteiger partial charge in [-0.1, -0.05) is 20.8 Å². The van der Waals surface area contributed by atoms with Crippen LogP contribution < -0.4 is 0 Å². The maximum Gasteiger partial charge on any atom is 0.112 e. The molecule has 0 radical (unpaired) electrons. The van der Waals surface area contributed by atoms with E-state index in [1.807, 2.05) is 0 Å². The SMILES string of the molecule is CC(C)(C)OC1CCN(C(O)C(C)(C)C)CC1. The third-order valence-electron chi connectivity index (χ3n) is 3.12. The lowest BCUT2D eigenvalue weighted by Crippen LogP contribution is -2.49. The molecule has 1 unspecified atom stereocenters. The van der Waals surface area contributed by atoms with E-state index in [1.54, 1.807) is 0 Å². The van der Waals surface area contributed by atoms with E-state index in [-0.39, 0.29) is 17.2 Å². The van der Waals surface area contributed by atoms with Crippen LogP contribution in [0.5, 0.6) is 0 Å². The zero-order chi connectivity index (χ0) is 13.3. The summed E-state index contributed by atoms with van der Waals surface area (Å²) in [6, 6.07) is 0. The van der Waals surface area contributed by atoms with Crippen molar-refractivity contribution >= 4 is 0 Å². The summed E-state index contributed by atoms with van der Waals surface area (Å²) in [6.07, 6.45) is 2.03. The second-order valence-corrected chi connectivity index (χ2v) is 7.21. The first kappa shape index (κ1) is 14.9. The maximum atomic E-state index is 10.2. The number of hydrogen-bond donors (Lipinski definition) is 1. The van der Waals surface area contributed by atoms with E-state index in [2.05, 4.69) is 46.4 Å². The molecule has 1 atom stereocenters. The van der Waals surface area contributed by atoms with E-state index in [0.29, 0.717) is 6.10 Å². The Kier molecular flexibility index (Phi) is 4.61. The molecule has 1 aliphatic rings. The van der Waals surface area contributed by atoms with Gasteiger partial charge >= 0.3 is 0 Å². The van der Waals surface area contributed by atoms with E-state index in [4.69, 9.17) is 4.74 Å². The summed E-state index contributed by atoms with van der Waals surface area (Å²) in [5, 5.41) is 10.2. The number of aliphatic hydroxyl groups is 1. The predicted octanol–water partition coefficient (Wildman–Crippen LogP) is 2.63. The van der Waals surface area contributed by atoms with Crippen LogP contribution in [0.3, 0.4) is 0 Å². The molecule has 0 aromatic heterocycles. The molecular formula is C14H29NO2. The molecule has 0 aliphatic carbocycles. The molecule has 102 valence electrons. The van der Waals surface area contributed by atoms with Gasteiger partial charge in [-0.15, -0.1) is 0 Å². The van der Waals surface area contributed by atoms with Crippen molar-refractivity contribution in [2.75, 3.05) is 13.1 Å². The molecular weight excluding hydrogens is 214 g/mol. The molecule has 0 aromatic carbocycles. The third-order valence-corrected chi connectivity index (χ3v) is 3.12. The standard InChI is InChI=1S/C14H29NO2/c1-13(2,3)12(16)15-9-7-11(8-10-15)17-14(4,5)6/h11-12,16H,7-10H2,1-6H3. The average molecular weight is 243 g/mol. The van der Waals surface area contributed by atoms with Gasteiger partial charge in [0.25, 0.3) is 0 Å². The van der Waals surface area contributed by atoms with Crippen molar-refractivity contribution < 1.29 is 9.84 Å². The summed E-state index contributed by atoms with van der Waals surface area (Å²) >= 11 is 0. The normalized spacial score (nSPS) is 22.8. The van der Waals surface area contributed by atoms with Gasteiger partial charge in [-0.3, -0.25) is 4.90 Å². The number of rotatable bonds is 2. The molecule has 1 saturated heterocycles. The summed E-state index contributed by atoms with van der Waals surface area (Å²) in [6.45, 7) is 14.4. The Morgan fingerprint density at radius 2 is 1.53 bits per heavy atom. The zero-order valence-corrected chi connectivity index (χ0v) is 12.3. The van der Waals surface area contributed by atoms with Crippen LogP contribution in [0.15, 0.2) is 0 Å². The summed E-state index contributed by atoms with van der Waals surface area (Å²) < 4.78 is 5.98. The van der Waals surface area contributed by atoms with Crippen LogP contribution in [0.4, 0.5) is 0 Å². The minimum Gasteiger partial charge on any atom is -0.378 e. The van der Waals surface area contributed by atoms with Gasteiger partial charge in [0, 0.05) is 18.5 Å². The van der Waals surface area contributed by atoms with Gasteiger partial charge < -0.3 is 9.84 Å². The largest absolute Gasteiger partial charge is 0.378 e. The monoisotopic (exact) mass is 243 g/mol. The minimum absolute atomic E-state index is 0.0600. The third kappa shape index (κ3) is 4.94. The van der Waals surface area contributed by atoms with Crippen LogP contribution in [0.25, 0.3) is 0 Å². The first-order chi connectivity index (χ1) is 7.59. The minimum atomic E-state index is -0.349. The number of likely N-dealkylation sites (tertiary alicyclic amines) is 1. The Bertz CT molecular complexity index is 232. The molecule has 0 bridgehead atoms. The number of aliphatic hydroxyl groups excluding tert-OH is 1. The Hall–Kier alpha value is -0.120. The summed E-state index contributed by atoms with van der Waals surface area (Å²) in [5.74, 6) is 0. The molecule has 0 aromatic rings. The Balaban J connectivity index is 2.41. The molecule has 3 nitrogen and oxygen atoms in total. The number of ether oxygens (including phenoxy) is 1. The summed E-state index contributed by atoms with van der Waals surface area (Å²) in [4.78, 5) is 2.17. The van der Waals surface area contributed by atoms with Crippen molar-refractivity contribution in [2.45, 2.75) is 72.3 Å². The van der Waals surface area contributed by atoms with Crippen LogP contribution in [0, 0.1) is 5.41 Å². The van der Waals surface area contributed by atoms with Crippen LogP contribution >= 0.6 is 0 Å². The van der Waals surface area contributed by atoms with Crippen LogP contribution in [0.1, 0.15) is 54.4 Å². The van der Waals surface area contributed by atoms with Crippen molar-refractivity contribution in [1.29, 1.82) is 0 Å². The quantitative estimate of drug-likeness (QED) is 0.809. The van der Waals surface area contributed by atoms with Gasteiger partial charge in [0.15, 0.2) is 0 Å². The number of piperidine rings is 1. The molecule has 0 saturated carbocycles. The van der Waals surface area contributed by atoms with E-state index in [1.165, 1.54) is 0 Å². The second kappa shape index (κ2) is 5.25. The molecule has 3 heteroatoms. The van der Waals surface area contributed by atoms with E-state index >= 15 is 0 Å². The first-order valence-electron chi connectivity index (χ1n) is 6.69. The van der Waals surface area contributed by atoms with Crippen LogP contribution in [-0.2, 0) is 4.74 Å². The Morgan fingerprint density at radius 3 is 1.88 bits per heavy atom. The topological polar surface area (TPSA) is 32.7 Å². The van der Waals surface area contributed by atoms with Crippen molar-refractivity contribution in [3.05, 3.63) is 0 Å². The smallest absolute Gasteiger partial charge is 0.112 e. The molecule has 1 heterocycles. The predicted molar refractivity (Wildman–Crippen MR) is 70.9 cm³/mol. The lowest BCUT2D eigenvalue weighted by atomic mass is 9.92. The van der Waals surface area contributed by atoms with Crippen molar-refractivity contribution in [2.24, 2.45) is 5.41 Å². The van der Waals surface area contributed by atoms with E-state index < -0.39 is 0 Å². The van der Waals surface area contributed by atoms with Crippen molar-refractivity contribution in [1.82, 2.24) is 4.90 Å². The van der Waals surface area contributed by atoms with Gasteiger partial charge in [0.05, 0.1) is 11.7 Å². The highest BCUT2D eigenvalue weighted by Crippen LogP contribution is 2.27. The van der Waals surface area contributed by atoms with Gasteiger partial charge in [-0.05, 0) is 33.6 Å². The first-order valence-corrected chi connectivity index (χ1v) is 6.69. The molecule has 1 N–H and O–H groups in total. The lowest BCUT2D eigenvalue weighted by Gasteiger charge is -2.41. The lowest BCUT2D eigenvalue weighted by molar-refractivity contribution is -0.122. The molecule has 1 fully saturated rings. The van der Waals surface area contributed by atoms with Crippen LogP contribution in [0.2, 0.25) is 0 Å². The fourth-order valence-electron chi connectivity index (χ4n) is 2.29. The van der Waals surface area contributed by atoms with E-state index in [0.717, 1.165) is 25.9 Å². The molecule has 0 spiro atoms. The highest BCUT2D eigenvalue weighted by Gasteiger charge is 2.32. The van der Waals surface area contributed by atoms with Gasteiger partial charge in [0.1, 0.15) is 6.23 Å². The highest BCUT2D eigenvalue weighted by atomic mass is 16.5. The molecule has 17 heavy (non-hydrogen) atoms. The van der Waals surface area contributed by atoms with Gasteiger partial charge in [-0.2, -0.15) is 0 Å². The number of hydrogen-bond acceptors (Lipinski definition) is 3. The fraction of sp³-hybridized carbons (Fsp3) is 1.00. The van der Waals surface area contributed by atoms with Crippen molar-refractivity contribution in [3.63, 3.8) is 0 Å². The van der Waals surface area contributed by atoms with Crippen LogP contribution in [-0.4, -0.2) is 41.0 Å². The summed E-state index contributed by atoms with van der Waals surface area (Å²) in [5.41, 5.74) is -0.132. The summed E-state index contributed by atoms with van der Waals surface area (Å²) in [7, 11) is 0. The van der Waals surface area contributed by atoms with Crippen molar-refractivity contribution in [3.8, 4) is 0 Å². The van der Waals surface area contributed by atoms with Gasteiger partial charge in [0.2, 0.25) is 0 Å². The molecule has 1 rings (SSSR count). The Morgan fingerprint density at radius 1 is 1.06 bits per heavy atom. The van der Waals surface area contributed by atoms with Gasteiger partial charge in [-0.25, -0.2) is 0 Å². The zero-order valence-electron chi connectivity index (χ0n) is 12.3. The maximum absolute atomic E-state index is 10.2. The molecule has 1 aliphatic heterocycles. The highest BCUT2D eigenvalue weighted by molar-refractivity contribution is 4.81. The van der Waals surface area contributed by atoms with E-state index in [9.17, 15) is 5.11 Å². The fourth-order valence-corrected chi connectivity index (χ4v) is 2.29. The average Bonchev–Trinajstić information content (AvgIpc) is 2.14. The number of nitrogens with zero attached hydrogens (tertiary/aromatic N) is 1. The second-order valence-electron chi connectivity index (χ2n) is 7.21. The Labute approximate surface area is 106 Å².